The third kappa shape index (κ3) is 1.89. The minimum atomic E-state index is -0.458. The van der Waals surface area contributed by atoms with Gasteiger partial charge in [0.05, 0.1) is 22.3 Å². The van der Waals surface area contributed by atoms with Crippen LogP contribution in [0.25, 0.3) is 16.9 Å². The highest BCUT2D eigenvalue weighted by molar-refractivity contribution is 6.30. The Morgan fingerprint density at radius 1 is 1.35 bits per heavy atom. The minimum absolute atomic E-state index is 0.0590. The number of rotatable bonds is 2. The molecule has 0 spiro atoms. The van der Waals surface area contributed by atoms with Crippen molar-refractivity contribution in [3.63, 3.8) is 0 Å². The molecule has 1 aromatic carbocycles. The van der Waals surface area contributed by atoms with Crippen LogP contribution in [0.3, 0.4) is 0 Å². The number of aromatic nitrogens is 4. The summed E-state index contributed by atoms with van der Waals surface area (Å²) in [5, 5.41) is 4.39. The first kappa shape index (κ1) is 13.4. The zero-order chi connectivity index (χ0) is 14.4. The van der Waals surface area contributed by atoms with Crippen LogP contribution >= 0.6 is 23.2 Å². The van der Waals surface area contributed by atoms with Crippen LogP contribution in [0.5, 0.6) is 0 Å². The predicted octanol–water partition coefficient (Wildman–Crippen LogP) is 3.60. The molecule has 4 nitrogen and oxygen atoms in total. The van der Waals surface area contributed by atoms with Crippen LogP contribution in [0.4, 0.5) is 4.39 Å². The molecule has 20 heavy (non-hydrogen) atoms. The van der Waals surface area contributed by atoms with Crippen LogP contribution in [0.2, 0.25) is 5.02 Å². The Hall–Kier alpha value is -1.59. The van der Waals surface area contributed by atoms with Crippen LogP contribution in [-0.4, -0.2) is 19.3 Å². The zero-order valence-electron chi connectivity index (χ0n) is 10.9. The standard InChI is InChI=1S/C13H11Cl2FN4/c1-7-12-13(19(2)18-7)20(11(6-14)17-12)8-3-4-10(16)9(15)5-8/h3-5H,6H2,1-2H3. The van der Waals surface area contributed by atoms with Crippen molar-refractivity contribution in [3.8, 4) is 5.69 Å². The van der Waals surface area contributed by atoms with Gasteiger partial charge in [0.15, 0.2) is 5.65 Å². The van der Waals surface area contributed by atoms with Gasteiger partial charge in [-0.1, -0.05) is 11.6 Å². The molecule has 7 heteroatoms. The summed E-state index contributed by atoms with van der Waals surface area (Å²) in [6.45, 7) is 1.88. The Kier molecular flexibility index (Phi) is 3.18. The van der Waals surface area contributed by atoms with Crippen molar-refractivity contribution < 1.29 is 4.39 Å². The van der Waals surface area contributed by atoms with Crippen molar-refractivity contribution in [3.05, 3.63) is 40.6 Å². The number of benzene rings is 1. The highest BCUT2D eigenvalue weighted by atomic mass is 35.5. The van der Waals surface area contributed by atoms with Crippen molar-refractivity contribution in [1.82, 2.24) is 19.3 Å². The maximum atomic E-state index is 13.3. The fraction of sp³-hybridized carbons (Fsp3) is 0.231. The third-order valence-corrected chi connectivity index (χ3v) is 3.68. The third-order valence-electron chi connectivity index (χ3n) is 3.15. The lowest BCUT2D eigenvalue weighted by atomic mass is 10.3. The molecule has 0 saturated carbocycles. The molecule has 0 unspecified atom stereocenters. The Bertz CT molecular complexity index is 806. The lowest BCUT2D eigenvalue weighted by Crippen LogP contribution is -2.04. The summed E-state index contributed by atoms with van der Waals surface area (Å²) < 4.78 is 16.9. The van der Waals surface area contributed by atoms with E-state index in [-0.39, 0.29) is 10.9 Å². The molecule has 0 aliphatic rings. The molecular formula is C13H11Cl2FN4. The van der Waals surface area contributed by atoms with Crippen molar-refractivity contribution in [2.75, 3.05) is 0 Å². The molecule has 0 aliphatic carbocycles. The fourth-order valence-electron chi connectivity index (χ4n) is 2.30. The van der Waals surface area contributed by atoms with Gasteiger partial charge in [-0.25, -0.2) is 14.1 Å². The minimum Gasteiger partial charge on any atom is -0.280 e. The molecule has 2 heterocycles. The Morgan fingerprint density at radius 2 is 2.10 bits per heavy atom. The molecule has 0 bridgehead atoms. The van der Waals surface area contributed by atoms with E-state index in [2.05, 4.69) is 10.1 Å². The van der Waals surface area contributed by atoms with E-state index in [4.69, 9.17) is 23.2 Å². The van der Waals surface area contributed by atoms with E-state index in [0.717, 1.165) is 16.9 Å². The summed E-state index contributed by atoms with van der Waals surface area (Å²) in [6, 6.07) is 4.52. The number of hydrogen-bond acceptors (Lipinski definition) is 2. The maximum absolute atomic E-state index is 13.3. The molecular weight excluding hydrogens is 302 g/mol. The normalized spacial score (nSPS) is 11.4. The highest BCUT2D eigenvalue weighted by Gasteiger charge is 2.18. The van der Waals surface area contributed by atoms with Gasteiger partial charge in [-0.05, 0) is 25.1 Å². The molecule has 0 atom stereocenters. The van der Waals surface area contributed by atoms with E-state index in [1.165, 1.54) is 6.07 Å². The number of alkyl halides is 1. The summed E-state index contributed by atoms with van der Waals surface area (Å²) in [4.78, 5) is 4.49. The average molecular weight is 313 g/mol. The van der Waals surface area contributed by atoms with Gasteiger partial charge in [-0.15, -0.1) is 11.6 Å². The van der Waals surface area contributed by atoms with E-state index in [9.17, 15) is 4.39 Å². The van der Waals surface area contributed by atoms with Gasteiger partial charge in [0, 0.05) is 7.05 Å². The second-order valence-electron chi connectivity index (χ2n) is 4.48. The Balaban J connectivity index is 2.36. The molecule has 3 rings (SSSR count). The van der Waals surface area contributed by atoms with Crippen molar-refractivity contribution in [2.24, 2.45) is 7.05 Å². The number of imidazole rings is 1. The average Bonchev–Trinajstić information content (AvgIpc) is 2.92. The molecule has 3 aromatic rings. The van der Waals surface area contributed by atoms with E-state index in [0.29, 0.717) is 11.5 Å². The molecule has 2 aromatic heterocycles. The van der Waals surface area contributed by atoms with Gasteiger partial charge in [0.1, 0.15) is 17.2 Å². The molecule has 0 saturated heterocycles. The van der Waals surface area contributed by atoms with Gasteiger partial charge in [0.25, 0.3) is 0 Å². The number of hydrogen-bond donors (Lipinski definition) is 0. The summed E-state index contributed by atoms with van der Waals surface area (Å²) in [5.74, 6) is 0.448. The van der Waals surface area contributed by atoms with E-state index < -0.39 is 5.82 Å². The SMILES string of the molecule is Cc1nn(C)c2c1nc(CCl)n2-c1ccc(F)c(Cl)c1. The summed E-state index contributed by atoms with van der Waals surface area (Å²) in [6.07, 6.45) is 0. The molecule has 0 aliphatic heterocycles. The number of halogens is 3. The number of fused-ring (bicyclic) bond motifs is 1. The van der Waals surface area contributed by atoms with Gasteiger partial charge in [-0.2, -0.15) is 5.10 Å². The van der Waals surface area contributed by atoms with Crippen molar-refractivity contribution in [1.29, 1.82) is 0 Å². The Morgan fingerprint density at radius 3 is 2.75 bits per heavy atom. The molecule has 0 radical (unpaired) electrons. The van der Waals surface area contributed by atoms with Crippen molar-refractivity contribution >= 4 is 34.4 Å². The van der Waals surface area contributed by atoms with Crippen LogP contribution in [-0.2, 0) is 12.9 Å². The largest absolute Gasteiger partial charge is 0.280 e. The van der Waals surface area contributed by atoms with Crippen LogP contribution in [0, 0.1) is 12.7 Å². The number of nitrogens with zero attached hydrogens (tertiary/aromatic N) is 4. The van der Waals surface area contributed by atoms with E-state index in [1.807, 2.05) is 18.5 Å². The Labute approximate surface area is 124 Å². The topological polar surface area (TPSA) is 35.6 Å². The predicted molar refractivity (Wildman–Crippen MR) is 77.1 cm³/mol. The summed E-state index contributed by atoms with van der Waals surface area (Å²) in [7, 11) is 1.83. The quantitative estimate of drug-likeness (QED) is 0.678. The van der Waals surface area contributed by atoms with Gasteiger partial charge in [-0.3, -0.25) is 4.57 Å². The summed E-state index contributed by atoms with van der Waals surface area (Å²) in [5.41, 5.74) is 3.11. The van der Waals surface area contributed by atoms with Gasteiger partial charge < -0.3 is 0 Å². The maximum Gasteiger partial charge on any atom is 0.163 e. The summed E-state index contributed by atoms with van der Waals surface area (Å²) >= 11 is 11.8. The van der Waals surface area contributed by atoms with E-state index >= 15 is 0 Å². The van der Waals surface area contributed by atoms with Crippen LogP contribution in [0.1, 0.15) is 11.5 Å². The first-order valence-electron chi connectivity index (χ1n) is 5.95. The second kappa shape index (κ2) is 4.75. The first-order valence-corrected chi connectivity index (χ1v) is 6.86. The van der Waals surface area contributed by atoms with Crippen LogP contribution < -0.4 is 0 Å². The van der Waals surface area contributed by atoms with Crippen LogP contribution in [0.15, 0.2) is 18.2 Å². The monoisotopic (exact) mass is 312 g/mol. The zero-order valence-corrected chi connectivity index (χ0v) is 12.4. The molecule has 0 N–H and O–H groups in total. The number of aryl methyl sites for hydroxylation is 2. The van der Waals surface area contributed by atoms with E-state index in [1.54, 1.807) is 16.8 Å². The second-order valence-corrected chi connectivity index (χ2v) is 5.15. The molecule has 0 fully saturated rings. The lowest BCUT2D eigenvalue weighted by Gasteiger charge is -2.09. The smallest absolute Gasteiger partial charge is 0.163 e. The van der Waals surface area contributed by atoms with Gasteiger partial charge >= 0.3 is 0 Å². The van der Waals surface area contributed by atoms with Crippen molar-refractivity contribution in [2.45, 2.75) is 12.8 Å². The fourth-order valence-corrected chi connectivity index (χ4v) is 2.66. The van der Waals surface area contributed by atoms with Gasteiger partial charge in [0.2, 0.25) is 0 Å². The first-order chi connectivity index (χ1) is 9.52. The molecule has 0 amide bonds. The highest BCUT2D eigenvalue weighted by Crippen LogP contribution is 2.26. The molecule has 104 valence electrons. The lowest BCUT2D eigenvalue weighted by molar-refractivity contribution is 0.627.